The van der Waals surface area contributed by atoms with Gasteiger partial charge in [0, 0.05) is 10.4 Å². The number of tetrazole rings is 1. The van der Waals surface area contributed by atoms with Gasteiger partial charge in [-0.05, 0) is 28.6 Å². The predicted octanol–water partition coefficient (Wildman–Crippen LogP) is 2.13. The van der Waals surface area contributed by atoms with E-state index in [1.807, 2.05) is 32.0 Å². The Labute approximate surface area is 102 Å². The minimum Gasteiger partial charge on any atom is -0.397 e. The van der Waals surface area contributed by atoms with Crippen molar-refractivity contribution in [1.82, 2.24) is 20.2 Å². The predicted molar refractivity (Wildman–Crippen MR) is 65.4 cm³/mol. The average Bonchev–Trinajstić information content (AvgIpc) is 2.66. The first-order valence-corrected chi connectivity index (χ1v) is 5.72. The molecular weight excluding hydrogens is 270 g/mol. The lowest BCUT2D eigenvalue weighted by molar-refractivity contribution is 0.711. The molecule has 2 aromatic rings. The van der Waals surface area contributed by atoms with Gasteiger partial charge in [0.25, 0.3) is 0 Å². The summed E-state index contributed by atoms with van der Waals surface area (Å²) in [6.45, 7) is 4.08. The van der Waals surface area contributed by atoms with Crippen molar-refractivity contribution in [2.75, 3.05) is 5.73 Å². The van der Waals surface area contributed by atoms with Crippen LogP contribution in [0.2, 0.25) is 0 Å². The fourth-order valence-electron chi connectivity index (χ4n) is 1.44. The molecule has 0 saturated carbocycles. The molecule has 1 aromatic heterocycles. The third kappa shape index (κ3) is 1.92. The molecular formula is C10H12BrN5. The van der Waals surface area contributed by atoms with Gasteiger partial charge in [0.1, 0.15) is 0 Å². The summed E-state index contributed by atoms with van der Waals surface area (Å²) in [5.41, 5.74) is 7.38. The van der Waals surface area contributed by atoms with Crippen LogP contribution in [0.25, 0.3) is 5.69 Å². The Hall–Kier alpha value is -1.43. The second-order valence-electron chi connectivity index (χ2n) is 3.81. The molecule has 2 rings (SSSR count). The van der Waals surface area contributed by atoms with Crippen LogP contribution in [-0.4, -0.2) is 20.2 Å². The molecule has 0 unspecified atom stereocenters. The molecule has 16 heavy (non-hydrogen) atoms. The Morgan fingerprint density at radius 1 is 1.38 bits per heavy atom. The van der Waals surface area contributed by atoms with Crippen LogP contribution in [0.4, 0.5) is 5.69 Å². The molecule has 0 fully saturated rings. The first kappa shape index (κ1) is 11.1. The van der Waals surface area contributed by atoms with Crippen molar-refractivity contribution in [3.63, 3.8) is 0 Å². The van der Waals surface area contributed by atoms with Crippen LogP contribution in [0.3, 0.4) is 0 Å². The van der Waals surface area contributed by atoms with Crippen molar-refractivity contribution in [2.45, 2.75) is 19.8 Å². The highest BCUT2D eigenvalue weighted by Crippen LogP contribution is 2.23. The summed E-state index contributed by atoms with van der Waals surface area (Å²) < 4.78 is 2.61. The molecule has 0 spiro atoms. The van der Waals surface area contributed by atoms with Gasteiger partial charge in [-0.3, -0.25) is 0 Å². The van der Waals surface area contributed by atoms with Gasteiger partial charge in [-0.25, -0.2) is 0 Å². The monoisotopic (exact) mass is 281 g/mol. The van der Waals surface area contributed by atoms with Crippen LogP contribution in [0.15, 0.2) is 22.7 Å². The van der Waals surface area contributed by atoms with Gasteiger partial charge in [0.2, 0.25) is 0 Å². The molecule has 0 aliphatic rings. The molecule has 1 aromatic carbocycles. The van der Waals surface area contributed by atoms with E-state index in [2.05, 4.69) is 31.5 Å². The average molecular weight is 282 g/mol. The summed E-state index contributed by atoms with van der Waals surface area (Å²) in [6.07, 6.45) is 0. The molecule has 0 bridgehead atoms. The topological polar surface area (TPSA) is 69.6 Å². The van der Waals surface area contributed by atoms with E-state index in [0.29, 0.717) is 5.69 Å². The van der Waals surface area contributed by atoms with Gasteiger partial charge in [-0.1, -0.05) is 29.8 Å². The zero-order valence-electron chi connectivity index (χ0n) is 9.05. The van der Waals surface area contributed by atoms with Crippen LogP contribution in [0.1, 0.15) is 25.6 Å². The first-order chi connectivity index (χ1) is 7.59. The van der Waals surface area contributed by atoms with Crippen molar-refractivity contribution in [1.29, 1.82) is 0 Å². The van der Waals surface area contributed by atoms with Gasteiger partial charge < -0.3 is 5.73 Å². The van der Waals surface area contributed by atoms with Crippen LogP contribution in [0, 0.1) is 0 Å². The fourth-order valence-corrected chi connectivity index (χ4v) is 1.82. The summed E-state index contributed by atoms with van der Waals surface area (Å²) in [5.74, 6) is 1.05. The Kier molecular flexibility index (Phi) is 2.91. The van der Waals surface area contributed by atoms with Crippen LogP contribution < -0.4 is 5.73 Å². The van der Waals surface area contributed by atoms with E-state index in [1.54, 1.807) is 4.68 Å². The molecule has 0 radical (unpaired) electrons. The number of hydrogen-bond donors (Lipinski definition) is 1. The Morgan fingerprint density at radius 3 is 2.75 bits per heavy atom. The SMILES string of the molecule is CC(C)c1nnnn1-c1ccc(Br)cc1N. The van der Waals surface area contributed by atoms with Crippen molar-refractivity contribution in [3.8, 4) is 5.69 Å². The van der Waals surface area contributed by atoms with Crippen molar-refractivity contribution >= 4 is 21.6 Å². The second kappa shape index (κ2) is 4.21. The summed E-state index contributed by atoms with van der Waals surface area (Å²) in [7, 11) is 0. The van der Waals surface area contributed by atoms with Gasteiger partial charge >= 0.3 is 0 Å². The molecule has 0 saturated heterocycles. The molecule has 2 N–H and O–H groups in total. The standard InChI is InChI=1S/C10H12BrN5/c1-6(2)10-13-14-15-16(10)9-4-3-7(11)5-8(9)12/h3-6H,12H2,1-2H3. The van der Waals surface area contributed by atoms with E-state index >= 15 is 0 Å². The number of nitrogen functional groups attached to an aromatic ring is 1. The molecule has 1 heterocycles. The molecule has 0 aliphatic carbocycles. The lowest BCUT2D eigenvalue weighted by Gasteiger charge is -2.09. The quantitative estimate of drug-likeness (QED) is 0.857. The minimum atomic E-state index is 0.248. The maximum Gasteiger partial charge on any atom is 0.159 e. The summed E-state index contributed by atoms with van der Waals surface area (Å²) in [5, 5.41) is 11.6. The number of nitrogens with two attached hydrogens (primary N) is 1. The molecule has 84 valence electrons. The van der Waals surface area contributed by atoms with Crippen molar-refractivity contribution < 1.29 is 0 Å². The van der Waals surface area contributed by atoms with E-state index in [1.165, 1.54) is 0 Å². The number of hydrogen-bond acceptors (Lipinski definition) is 4. The first-order valence-electron chi connectivity index (χ1n) is 4.93. The Morgan fingerprint density at radius 2 is 2.12 bits per heavy atom. The molecule has 0 amide bonds. The summed E-state index contributed by atoms with van der Waals surface area (Å²) in [6, 6.07) is 5.64. The van der Waals surface area contributed by atoms with Gasteiger partial charge in [0.05, 0.1) is 11.4 Å². The Bertz CT molecular complexity index is 506. The molecule has 5 nitrogen and oxygen atoms in total. The zero-order chi connectivity index (χ0) is 11.7. The van der Waals surface area contributed by atoms with Crippen molar-refractivity contribution in [3.05, 3.63) is 28.5 Å². The van der Waals surface area contributed by atoms with Gasteiger partial charge in [0.15, 0.2) is 5.82 Å². The smallest absolute Gasteiger partial charge is 0.159 e. The lowest BCUT2D eigenvalue weighted by atomic mass is 10.2. The second-order valence-corrected chi connectivity index (χ2v) is 4.72. The third-order valence-electron chi connectivity index (χ3n) is 2.23. The van der Waals surface area contributed by atoms with Crippen LogP contribution in [-0.2, 0) is 0 Å². The maximum absolute atomic E-state index is 5.94. The van der Waals surface area contributed by atoms with E-state index in [4.69, 9.17) is 5.73 Å². The highest BCUT2D eigenvalue weighted by molar-refractivity contribution is 9.10. The highest BCUT2D eigenvalue weighted by Gasteiger charge is 2.13. The number of nitrogens with zero attached hydrogens (tertiary/aromatic N) is 4. The van der Waals surface area contributed by atoms with Crippen LogP contribution >= 0.6 is 15.9 Å². The zero-order valence-corrected chi connectivity index (χ0v) is 10.6. The number of anilines is 1. The van der Waals surface area contributed by atoms with Crippen molar-refractivity contribution in [2.24, 2.45) is 0 Å². The number of aromatic nitrogens is 4. The maximum atomic E-state index is 5.94. The van der Waals surface area contributed by atoms with E-state index < -0.39 is 0 Å². The number of rotatable bonds is 2. The van der Waals surface area contributed by atoms with E-state index in [-0.39, 0.29) is 5.92 Å². The van der Waals surface area contributed by atoms with Gasteiger partial charge in [-0.2, -0.15) is 4.68 Å². The molecule has 6 heteroatoms. The molecule has 0 atom stereocenters. The fraction of sp³-hybridized carbons (Fsp3) is 0.300. The summed E-state index contributed by atoms with van der Waals surface area (Å²) >= 11 is 3.37. The minimum absolute atomic E-state index is 0.248. The number of benzene rings is 1. The normalized spacial score (nSPS) is 11.0. The van der Waals surface area contributed by atoms with Crippen LogP contribution in [0.5, 0.6) is 0 Å². The largest absolute Gasteiger partial charge is 0.397 e. The van der Waals surface area contributed by atoms with E-state index in [9.17, 15) is 0 Å². The van der Waals surface area contributed by atoms with E-state index in [0.717, 1.165) is 16.0 Å². The third-order valence-corrected chi connectivity index (χ3v) is 2.72. The highest BCUT2D eigenvalue weighted by atomic mass is 79.9. The Balaban J connectivity index is 2.54. The molecule has 0 aliphatic heterocycles. The lowest BCUT2D eigenvalue weighted by Crippen LogP contribution is -2.07. The van der Waals surface area contributed by atoms with Gasteiger partial charge in [-0.15, -0.1) is 5.10 Å². The summed E-state index contributed by atoms with van der Waals surface area (Å²) in [4.78, 5) is 0. The number of halogens is 1.